The number of carbonyl (C=O) groups excluding carboxylic acids is 2. The van der Waals surface area contributed by atoms with Crippen LogP contribution in [0.1, 0.15) is 38.3 Å². The highest BCUT2D eigenvalue weighted by Gasteiger charge is 2.35. The van der Waals surface area contributed by atoms with Gasteiger partial charge in [-0.05, 0) is 48.2 Å². The minimum Gasteiger partial charge on any atom is -0.497 e. The fourth-order valence-electron chi connectivity index (χ4n) is 3.74. The third-order valence-corrected chi connectivity index (χ3v) is 7.25. The molecule has 0 aromatic heterocycles. The predicted octanol–water partition coefficient (Wildman–Crippen LogP) is 4.71. The van der Waals surface area contributed by atoms with E-state index in [2.05, 4.69) is 5.32 Å². The second-order valence-corrected chi connectivity index (χ2v) is 11.7. The van der Waals surface area contributed by atoms with E-state index in [1.807, 2.05) is 13.8 Å². The molecule has 2 rings (SSSR count). The van der Waals surface area contributed by atoms with E-state index in [0.717, 1.165) is 18.4 Å². The van der Waals surface area contributed by atoms with Gasteiger partial charge in [-0.3, -0.25) is 13.9 Å². The third-order valence-electron chi connectivity index (χ3n) is 5.80. The molecule has 0 spiro atoms. The molecular formula is C26H33ClF3N3O5S. The number of alkyl halides is 3. The summed E-state index contributed by atoms with van der Waals surface area (Å²) in [6.07, 6.45) is -3.80. The van der Waals surface area contributed by atoms with Crippen molar-refractivity contribution in [1.29, 1.82) is 0 Å². The Morgan fingerprint density at radius 3 is 2.21 bits per heavy atom. The molecular weight excluding hydrogens is 559 g/mol. The van der Waals surface area contributed by atoms with Crippen molar-refractivity contribution in [3.8, 4) is 5.75 Å². The van der Waals surface area contributed by atoms with Crippen LogP contribution in [-0.2, 0) is 32.3 Å². The maximum absolute atomic E-state index is 13.7. The molecule has 0 aliphatic rings. The van der Waals surface area contributed by atoms with Gasteiger partial charge in [0.15, 0.2) is 0 Å². The van der Waals surface area contributed by atoms with Crippen molar-refractivity contribution >= 4 is 39.1 Å². The lowest BCUT2D eigenvalue weighted by Crippen LogP contribution is -2.52. The first kappa shape index (κ1) is 32.2. The molecule has 0 unspecified atom stereocenters. The van der Waals surface area contributed by atoms with E-state index in [4.69, 9.17) is 16.3 Å². The minimum absolute atomic E-state index is 0.0651. The number of rotatable bonds is 12. The summed E-state index contributed by atoms with van der Waals surface area (Å²) < 4.78 is 71.2. The summed E-state index contributed by atoms with van der Waals surface area (Å²) in [6.45, 7) is 4.93. The fourth-order valence-corrected chi connectivity index (χ4v) is 4.87. The van der Waals surface area contributed by atoms with Gasteiger partial charge in [-0.2, -0.15) is 13.2 Å². The molecule has 1 atom stereocenters. The van der Waals surface area contributed by atoms with Gasteiger partial charge < -0.3 is 15.0 Å². The van der Waals surface area contributed by atoms with Crippen LogP contribution < -0.4 is 14.4 Å². The van der Waals surface area contributed by atoms with Gasteiger partial charge in [0.05, 0.1) is 29.6 Å². The molecule has 8 nitrogen and oxygen atoms in total. The minimum atomic E-state index is -4.77. The molecule has 0 aliphatic heterocycles. The Morgan fingerprint density at radius 2 is 1.72 bits per heavy atom. The smallest absolute Gasteiger partial charge is 0.416 e. The Balaban J connectivity index is 2.52. The van der Waals surface area contributed by atoms with Crippen molar-refractivity contribution in [2.24, 2.45) is 5.92 Å². The van der Waals surface area contributed by atoms with Gasteiger partial charge in [0.25, 0.3) is 0 Å². The van der Waals surface area contributed by atoms with Crippen LogP contribution in [0.2, 0.25) is 5.02 Å². The zero-order chi connectivity index (χ0) is 29.5. The van der Waals surface area contributed by atoms with Crippen LogP contribution in [0, 0.1) is 5.92 Å². The predicted molar refractivity (Wildman–Crippen MR) is 144 cm³/mol. The van der Waals surface area contributed by atoms with E-state index in [0.29, 0.717) is 28.2 Å². The zero-order valence-corrected chi connectivity index (χ0v) is 24.0. The number of benzene rings is 2. The summed E-state index contributed by atoms with van der Waals surface area (Å²) in [4.78, 5) is 28.0. The van der Waals surface area contributed by atoms with Crippen molar-refractivity contribution in [3.05, 3.63) is 58.6 Å². The van der Waals surface area contributed by atoms with E-state index >= 15 is 0 Å². The van der Waals surface area contributed by atoms with Crippen LogP contribution in [0.15, 0.2) is 42.5 Å². The average molecular weight is 592 g/mol. The molecule has 0 aliphatic carbocycles. The van der Waals surface area contributed by atoms with Crippen LogP contribution in [-0.4, -0.2) is 57.6 Å². The normalized spacial score (nSPS) is 12.7. The first-order valence-electron chi connectivity index (χ1n) is 12.1. The lowest BCUT2D eigenvalue weighted by Gasteiger charge is -2.33. The molecule has 0 saturated carbocycles. The van der Waals surface area contributed by atoms with Crippen LogP contribution in [0.5, 0.6) is 5.75 Å². The highest BCUT2D eigenvalue weighted by atomic mass is 35.5. The number of sulfonamides is 1. The largest absolute Gasteiger partial charge is 0.497 e. The first-order valence-corrected chi connectivity index (χ1v) is 14.4. The average Bonchev–Trinajstić information content (AvgIpc) is 2.85. The molecule has 0 fully saturated rings. The van der Waals surface area contributed by atoms with Gasteiger partial charge in [-0.1, -0.05) is 44.5 Å². The van der Waals surface area contributed by atoms with Gasteiger partial charge in [0.2, 0.25) is 21.8 Å². The van der Waals surface area contributed by atoms with Crippen molar-refractivity contribution in [3.63, 3.8) is 0 Å². The van der Waals surface area contributed by atoms with Crippen molar-refractivity contribution in [2.75, 3.05) is 30.8 Å². The Hall–Kier alpha value is -2.99. The van der Waals surface area contributed by atoms with Crippen molar-refractivity contribution in [1.82, 2.24) is 10.2 Å². The van der Waals surface area contributed by atoms with Crippen LogP contribution in [0.3, 0.4) is 0 Å². The number of halogens is 4. The lowest BCUT2D eigenvalue weighted by atomic mass is 10.1. The van der Waals surface area contributed by atoms with Gasteiger partial charge in [-0.15, -0.1) is 0 Å². The van der Waals surface area contributed by atoms with Gasteiger partial charge in [-0.25, -0.2) is 8.42 Å². The van der Waals surface area contributed by atoms with E-state index in [1.54, 1.807) is 31.2 Å². The number of amides is 2. The Kier molecular flexibility index (Phi) is 11.1. The molecule has 2 amide bonds. The maximum atomic E-state index is 13.7. The van der Waals surface area contributed by atoms with Gasteiger partial charge in [0, 0.05) is 13.1 Å². The summed E-state index contributed by atoms with van der Waals surface area (Å²) in [5, 5.41) is 2.50. The zero-order valence-electron chi connectivity index (χ0n) is 22.4. The van der Waals surface area contributed by atoms with Crippen LogP contribution >= 0.6 is 11.6 Å². The van der Waals surface area contributed by atoms with E-state index in [1.165, 1.54) is 12.0 Å². The number of ether oxygens (including phenoxy) is 1. The van der Waals surface area contributed by atoms with Crippen LogP contribution in [0.4, 0.5) is 18.9 Å². The van der Waals surface area contributed by atoms with E-state index < -0.39 is 51.9 Å². The first-order chi connectivity index (χ1) is 18.1. The Labute approximate surface area is 232 Å². The second kappa shape index (κ2) is 13.4. The summed E-state index contributed by atoms with van der Waals surface area (Å²) in [7, 11) is -2.77. The summed E-state index contributed by atoms with van der Waals surface area (Å²) in [5.74, 6) is -0.519. The molecule has 13 heteroatoms. The fraction of sp³-hybridized carbons (Fsp3) is 0.462. The van der Waals surface area contributed by atoms with Gasteiger partial charge in [0.1, 0.15) is 18.3 Å². The second-order valence-electron chi connectivity index (χ2n) is 9.37. The standard InChI is InChI=1S/C26H33ClF3N3O5S/c1-6-22(25(35)31-14-17(2)3)32(15-18-7-10-20(38-4)11-8-18)24(34)16-33(39(5,36)37)23-13-19(26(28,29)30)9-12-21(23)27/h7-13,17,22H,6,14-16H2,1-5H3,(H,31,35)/t22-/m0/s1. The topological polar surface area (TPSA) is 96.0 Å². The SMILES string of the molecule is CC[C@@H](C(=O)NCC(C)C)N(Cc1ccc(OC)cc1)C(=O)CN(c1cc(C(F)(F)F)ccc1Cl)S(C)(=O)=O. The Morgan fingerprint density at radius 1 is 1.10 bits per heavy atom. The number of nitrogens with zero attached hydrogens (tertiary/aromatic N) is 2. The number of nitrogens with one attached hydrogen (secondary N) is 1. The molecule has 216 valence electrons. The third kappa shape index (κ3) is 9.03. The Bertz CT molecular complexity index is 1250. The highest BCUT2D eigenvalue weighted by molar-refractivity contribution is 7.92. The highest BCUT2D eigenvalue weighted by Crippen LogP contribution is 2.36. The van der Waals surface area contributed by atoms with Gasteiger partial charge >= 0.3 is 6.18 Å². The molecule has 0 bridgehead atoms. The maximum Gasteiger partial charge on any atom is 0.416 e. The summed E-state index contributed by atoms with van der Waals surface area (Å²) >= 11 is 6.11. The quantitative estimate of drug-likeness (QED) is 0.386. The van der Waals surface area contributed by atoms with Crippen molar-refractivity contribution < 1.29 is 35.9 Å². The van der Waals surface area contributed by atoms with Crippen molar-refractivity contribution in [2.45, 2.75) is 46.0 Å². The number of hydrogen-bond acceptors (Lipinski definition) is 5. The molecule has 2 aromatic rings. The number of hydrogen-bond donors (Lipinski definition) is 1. The lowest BCUT2D eigenvalue weighted by molar-refractivity contribution is -0.140. The monoisotopic (exact) mass is 591 g/mol. The molecule has 0 radical (unpaired) electrons. The molecule has 0 heterocycles. The molecule has 39 heavy (non-hydrogen) atoms. The number of carbonyl (C=O) groups is 2. The van der Waals surface area contributed by atoms with Crippen LogP contribution in [0.25, 0.3) is 0 Å². The molecule has 2 aromatic carbocycles. The number of anilines is 1. The van der Waals surface area contributed by atoms with E-state index in [9.17, 15) is 31.2 Å². The summed E-state index contributed by atoms with van der Waals surface area (Å²) in [6, 6.07) is 7.97. The summed E-state index contributed by atoms with van der Waals surface area (Å²) in [5.41, 5.74) is -0.996. The molecule has 1 N–H and O–H groups in total. The number of methoxy groups -OCH3 is 1. The van der Waals surface area contributed by atoms with E-state index in [-0.39, 0.29) is 23.9 Å². The molecule has 0 saturated heterocycles.